The van der Waals surface area contributed by atoms with Gasteiger partial charge in [-0.25, -0.2) is 0 Å². The average Bonchev–Trinajstić information content (AvgIpc) is 2.85. The van der Waals surface area contributed by atoms with Gasteiger partial charge in [0.05, 0.1) is 14.2 Å². The van der Waals surface area contributed by atoms with Crippen molar-refractivity contribution in [3.63, 3.8) is 0 Å². The van der Waals surface area contributed by atoms with Crippen molar-refractivity contribution in [2.24, 2.45) is 5.73 Å². The predicted octanol–water partition coefficient (Wildman–Crippen LogP) is 5.10. The van der Waals surface area contributed by atoms with E-state index in [9.17, 15) is 4.79 Å². The zero-order valence-electron chi connectivity index (χ0n) is 19.6. The number of amides is 1. The molecule has 0 aromatic heterocycles. The standard InChI is InChI=1S/C28H32N2O3/c1-5-22-19-21(11-16-26(22)33-4)17-18-30(24-12-14-25(32-3)15-13-24)28(31)27(20(2)29)23-9-7-6-8-10-23/h6-16,19,27H,2,5,17-18,29H2,1,3-4H3. The lowest BCUT2D eigenvalue weighted by molar-refractivity contribution is -0.119. The summed E-state index contributed by atoms with van der Waals surface area (Å²) in [5, 5.41) is 0. The quantitative estimate of drug-likeness (QED) is 0.473. The molecule has 1 unspecified atom stereocenters. The third-order valence-electron chi connectivity index (χ3n) is 5.75. The summed E-state index contributed by atoms with van der Waals surface area (Å²) < 4.78 is 10.7. The monoisotopic (exact) mass is 444 g/mol. The second kappa shape index (κ2) is 11.2. The Hall–Kier alpha value is -3.73. The van der Waals surface area contributed by atoms with E-state index < -0.39 is 5.92 Å². The van der Waals surface area contributed by atoms with Gasteiger partial charge in [0.2, 0.25) is 5.91 Å². The number of carbonyl (C=O) groups excluding carboxylic acids is 1. The Kier molecular flexibility index (Phi) is 8.14. The molecule has 1 amide bonds. The molecule has 0 radical (unpaired) electrons. The number of methoxy groups -OCH3 is 2. The highest BCUT2D eigenvalue weighted by Crippen LogP contribution is 2.28. The molecule has 0 aliphatic carbocycles. The predicted molar refractivity (Wildman–Crippen MR) is 134 cm³/mol. The van der Waals surface area contributed by atoms with Gasteiger partial charge in [-0.15, -0.1) is 0 Å². The Morgan fingerprint density at radius 2 is 1.70 bits per heavy atom. The second-order valence-electron chi connectivity index (χ2n) is 7.86. The minimum absolute atomic E-state index is 0.108. The molecule has 0 heterocycles. The number of aryl methyl sites for hydroxylation is 1. The van der Waals surface area contributed by atoms with E-state index in [1.165, 1.54) is 0 Å². The molecule has 2 N–H and O–H groups in total. The highest BCUT2D eigenvalue weighted by atomic mass is 16.5. The molecule has 3 aromatic carbocycles. The molecule has 0 aliphatic rings. The molecule has 3 aromatic rings. The van der Waals surface area contributed by atoms with Crippen molar-refractivity contribution < 1.29 is 14.3 Å². The Labute approximate surface area is 196 Å². The molecular weight excluding hydrogens is 412 g/mol. The number of nitrogens with zero attached hydrogens (tertiary/aromatic N) is 1. The number of nitrogens with two attached hydrogens (primary N) is 1. The number of carbonyl (C=O) groups is 1. The fourth-order valence-corrected chi connectivity index (χ4v) is 3.95. The van der Waals surface area contributed by atoms with Crippen LogP contribution >= 0.6 is 0 Å². The van der Waals surface area contributed by atoms with Crippen LogP contribution in [0, 0.1) is 0 Å². The van der Waals surface area contributed by atoms with Gasteiger partial charge < -0.3 is 20.1 Å². The van der Waals surface area contributed by atoms with Crippen LogP contribution in [0.5, 0.6) is 11.5 Å². The van der Waals surface area contributed by atoms with E-state index >= 15 is 0 Å². The van der Waals surface area contributed by atoms with Crippen LogP contribution < -0.4 is 20.1 Å². The van der Waals surface area contributed by atoms with Gasteiger partial charge in [0.15, 0.2) is 0 Å². The van der Waals surface area contributed by atoms with Crippen LogP contribution in [0.1, 0.15) is 29.5 Å². The molecule has 0 saturated carbocycles. The Morgan fingerprint density at radius 1 is 1.00 bits per heavy atom. The third kappa shape index (κ3) is 5.75. The zero-order chi connectivity index (χ0) is 23.8. The molecule has 0 saturated heterocycles. The fraction of sp³-hybridized carbons (Fsp3) is 0.250. The number of rotatable bonds is 10. The molecule has 0 fully saturated rings. The number of hydrogen-bond acceptors (Lipinski definition) is 4. The smallest absolute Gasteiger partial charge is 0.240 e. The van der Waals surface area contributed by atoms with Crippen molar-refractivity contribution in [3.8, 4) is 11.5 Å². The van der Waals surface area contributed by atoms with E-state index in [0.29, 0.717) is 18.7 Å². The minimum Gasteiger partial charge on any atom is -0.497 e. The van der Waals surface area contributed by atoms with E-state index in [1.54, 1.807) is 19.1 Å². The first kappa shape index (κ1) is 23.9. The van der Waals surface area contributed by atoms with Gasteiger partial charge in [-0.05, 0) is 59.9 Å². The number of ether oxygens (including phenoxy) is 2. The van der Waals surface area contributed by atoms with Crippen LogP contribution in [-0.2, 0) is 17.6 Å². The SMILES string of the molecule is C=C(N)C(C(=O)N(CCc1ccc(OC)c(CC)c1)c1ccc(OC)cc1)c1ccccc1. The average molecular weight is 445 g/mol. The highest BCUT2D eigenvalue weighted by Gasteiger charge is 2.28. The summed E-state index contributed by atoms with van der Waals surface area (Å²) in [6.45, 7) is 6.51. The molecular formula is C28H32N2O3. The summed E-state index contributed by atoms with van der Waals surface area (Å²) in [7, 11) is 3.30. The van der Waals surface area contributed by atoms with Gasteiger partial charge >= 0.3 is 0 Å². The fourth-order valence-electron chi connectivity index (χ4n) is 3.95. The first-order chi connectivity index (χ1) is 16.0. The molecule has 5 nitrogen and oxygen atoms in total. The van der Waals surface area contributed by atoms with Gasteiger partial charge in [-0.2, -0.15) is 0 Å². The molecule has 1 atom stereocenters. The molecule has 172 valence electrons. The number of benzene rings is 3. The maximum atomic E-state index is 13.8. The lowest BCUT2D eigenvalue weighted by atomic mass is 9.94. The van der Waals surface area contributed by atoms with Crippen LogP contribution in [0.15, 0.2) is 85.1 Å². The van der Waals surface area contributed by atoms with Crippen LogP contribution in [0.3, 0.4) is 0 Å². The zero-order valence-corrected chi connectivity index (χ0v) is 19.6. The van der Waals surface area contributed by atoms with E-state index in [0.717, 1.165) is 40.3 Å². The maximum Gasteiger partial charge on any atom is 0.240 e. The number of hydrogen-bond donors (Lipinski definition) is 1. The van der Waals surface area contributed by atoms with Crippen molar-refractivity contribution in [1.82, 2.24) is 0 Å². The number of anilines is 1. The minimum atomic E-state index is -0.629. The van der Waals surface area contributed by atoms with E-state index in [4.69, 9.17) is 15.2 Å². The van der Waals surface area contributed by atoms with Crippen molar-refractivity contribution in [2.45, 2.75) is 25.7 Å². The van der Waals surface area contributed by atoms with Gasteiger partial charge in [-0.1, -0.05) is 56.0 Å². The Balaban J connectivity index is 1.93. The Bertz CT molecular complexity index is 1080. The molecule has 5 heteroatoms. The molecule has 3 rings (SSSR count). The van der Waals surface area contributed by atoms with Crippen LogP contribution in [0.25, 0.3) is 0 Å². The van der Waals surface area contributed by atoms with Crippen molar-refractivity contribution in [3.05, 3.63) is 102 Å². The van der Waals surface area contributed by atoms with Gasteiger partial charge in [0.25, 0.3) is 0 Å². The summed E-state index contributed by atoms with van der Waals surface area (Å²) >= 11 is 0. The largest absolute Gasteiger partial charge is 0.497 e. The van der Waals surface area contributed by atoms with Crippen LogP contribution in [-0.4, -0.2) is 26.7 Å². The van der Waals surface area contributed by atoms with Crippen molar-refractivity contribution >= 4 is 11.6 Å². The molecule has 0 spiro atoms. The Morgan fingerprint density at radius 3 is 2.27 bits per heavy atom. The summed E-state index contributed by atoms with van der Waals surface area (Å²) in [5.74, 6) is 0.878. The topological polar surface area (TPSA) is 64.8 Å². The molecule has 0 aliphatic heterocycles. The van der Waals surface area contributed by atoms with E-state index in [1.807, 2.05) is 66.7 Å². The molecule has 33 heavy (non-hydrogen) atoms. The second-order valence-corrected chi connectivity index (χ2v) is 7.86. The van der Waals surface area contributed by atoms with Crippen LogP contribution in [0.4, 0.5) is 5.69 Å². The van der Waals surface area contributed by atoms with Crippen LogP contribution in [0.2, 0.25) is 0 Å². The lowest BCUT2D eigenvalue weighted by Crippen LogP contribution is -2.38. The highest BCUT2D eigenvalue weighted by molar-refractivity contribution is 6.00. The summed E-state index contributed by atoms with van der Waals surface area (Å²) in [6, 6.07) is 23.2. The maximum absolute atomic E-state index is 13.8. The summed E-state index contributed by atoms with van der Waals surface area (Å²) in [6.07, 6.45) is 1.56. The lowest BCUT2D eigenvalue weighted by Gasteiger charge is -2.28. The summed E-state index contributed by atoms with van der Waals surface area (Å²) in [4.78, 5) is 15.6. The van der Waals surface area contributed by atoms with Gasteiger partial charge in [-0.3, -0.25) is 4.79 Å². The van der Waals surface area contributed by atoms with Crippen molar-refractivity contribution in [1.29, 1.82) is 0 Å². The normalized spacial score (nSPS) is 11.5. The van der Waals surface area contributed by atoms with E-state index in [-0.39, 0.29) is 5.91 Å². The summed E-state index contributed by atoms with van der Waals surface area (Å²) in [5.41, 5.74) is 10.4. The third-order valence-corrected chi connectivity index (χ3v) is 5.75. The van der Waals surface area contributed by atoms with Crippen molar-refractivity contribution in [2.75, 3.05) is 25.7 Å². The van der Waals surface area contributed by atoms with Gasteiger partial charge in [0, 0.05) is 17.9 Å². The molecule has 0 bridgehead atoms. The van der Waals surface area contributed by atoms with Gasteiger partial charge in [0.1, 0.15) is 17.4 Å². The first-order valence-electron chi connectivity index (χ1n) is 11.1. The van der Waals surface area contributed by atoms with E-state index in [2.05, 4.69) is 19.6 Å². The first-order valence-corrected chi connectivity index (χ1v) is 11.1.